The van der Waals surface area contributed by atoms with Crippen molar-refractivity contribution in [3.8, 4) is 11.5 Å². The average molecular weight is 524 g/mol. The first-order chi connectivity index (χ1) is 16.5. The third kappa shape index (κ3) is 4.47. The molecule has 3 heterocycles. The van der Waals surface area contributed by atoms with Crippen LogP contribution in [0.1, 0.15) is 10.4 Å². The zero-order chi connectivity index (χ0) is 23.7. The fraction of sp³-hybridized carbons (Fsp3) is 0.174. The molecule has 11 heteroatoms. The number of halogens is 1. The van der Waals surface area contributed by atoms with Gasteiger partial charge in [0.1, 0.15) is 5.52 Å². The first kappa shape index (κ1) is 22.0. The Morgan fingerprint density at radius 3 is 2.71 bits per heavy atom. The second kappa shape index (κ2) is 9.20. The Morgan fingerprint density at radius 1 is 1.12 bits per heavy atom. The number of pyridine rings is 1. The summed E-state index contributed by atoms with van der Waals surface area (Å²) in [5.74, 6) is -0.0509. The molecule has 2 aromatic carbocycles. The number of ether oxygens (including phenoxy) is 1. The molecule has 0 saturated carbocycles. The summed E-state index contributed by atoms with van der Waals surface area (Å²) in [6.45, 7) is 2.24. The number of amides is 1. The van der Waals surface area contributed by atoms with E-state index >= 15 is 0 Å². The van der Waals surface area contributed by atoms with Gasteiger partial charge in [0.05, 0.1) is 35.0 Å². The number of morpholine rings is 1. The van der Waals surface area contributed by atoms with Crippen LogP contribution in [0.25, 0.3) is 22.6 Å². The zero-order valence-corrected chi connectivity index (χ0v) is 19.3. The molecule has 0 unspecified atom stereocenters. The maximum atomic E-state index is 13.2. The number of aromatic nitrogens is 2. The van der Waals surface area contributed by atoms with Gasteiger partial charge in [0.15, 0.2) is 5.58 Å². The van der Waals surface area contributed by atoms with E-state index in [4.69, 9.17) is 9.15 Å². The summed E-state index contributed by atoms with van der Waals surface area (Å²) in [6.07, 6.45) is 3.31. The summed E-state index contributed by atoms with van der Waals surface area (Å²) in [4.78, 5) is 34.6. The van der Waals surface area contributed by atoms with Crippen LogP contribution in [0.5, 0.6) is 0 Å². The highest BCUT2D eigenvalue weighted by atomic mass is 79.9. The van der Waals surface area contributed by atoms with Crippen LogP contribution in [0.2, 0.25) is 0 Å². The molecule has 5 rings (SSSR count). The molecule has 10 nitrogen and oxygen atoms in total. The van der Waals surface area contributed by atoms with Crippen molar-refractivity contribution in [3.05, 3.63) is 75.0 Å². The number of rotatable bonds is 5. The van der Waals surface area contributed by atoms with Gasteiger partial charge < -0.3 is 19.4 Å². The second-order valence-electron chi connectivity index (χ2n) is 7.61. The minimum absolute atomic E-state index is 0.151. The number of hydrogen-bond acceptors (Lipinski definition) is 8. The number of fused-ring (bicyclic) bond motifs is 1. The smallest absolute Gasteiger partial charge is 0.270 e. The van der Waals surface area contributed by atoms with Gasteiger partial charge in [-0.15, -0.1) is 0 Å². The van der Waals surface area contributed by atoms with E-state index in [2.05, 4.69) is 31.2 Å². The number of anilines is 2. The number of non-ortho nitro benzene ring substituents is 1. The number of carbonyl (C=O) groups excluding carboxylic acids is 1. The molecular weight excluding hydrogens is 506 g/mol. The van der Waals surface area contributed by atoms with Crippen molar-refractivity contribution in [3.63, 3.8) is 0 Å². The molecule has 0 atom stereocenters. The normalized spacial score (nSPS) is 13.7. The van der Waals surface area contributed by atoms with Crippen LogP contribution in [0.3, 0.4) is 0 Å². The van der Waals surface area contributed by atoms with Crippen LogP contribution in [0, 0.1) is 10.1 Å². The number of nitrogens with zero attached hydrogens (tertiary/aromatic N) is 4. The predicted octanol–water partition coefficient (Wildman–Crippen LogP) is 4.65. The monoisotopic (exact) mass is 523 g/mol. The van der Waals surface area contributed by atoms with Gasteiger partial charge >= 0.3 is 0 Å². The highest BCUT2D eigenvalue weighted by Gasteiger charge is 2.22. The van der Waals surface area contributed by atoms with E-state index in [1.165, 1.54) is 12.1 Å². The zero-order valence-electron chi connectivity index (χ0n) is 17.7. The quantitative estimate of drug-likeness (QED) is 0.296. The van der Waals surface area contributed by atoms with Gasteiger partial charge in [-0.1, -0.05) is 0 Å². The fourth-order valence-electron chi connectivity index (χ4n) is 3.76. The minimum Gasteiger partial charge on any atom is -0.436 e. The maximum absolute atomic E-state index is 13.2. The summed E-state index contributed by atoms with van der Waals surface area (Å²) in [5.41, 5.74) is 3.00. The molecule has 0 spiro atoms. The number of carbonyl (C=O) groups is 1. The predicted molar refractivity (Wildman–Crippen MR) is 129 cm³/mol. The number of oxazole rings is 1. The SMILES string of the molecule is O=C(Nc1ccc2oc(-c3cncc(Br)c3)nc2c1)c1cc([N+](=O)[O-])ccc1N1CCOCC1. The first-order valence-electron chi connectivity index (χ1n) is 10.4. The Morgan fingerprint density at radius 2 is 1.94 bits per heavy atom. The van der Waals surface area contributed by atoms with E-state index in [0.29, 0.717) is 60.2 Å². The van der Waals surface area contributed by atoms with Gasteiger partial charge in [-0.25, -0.2) is 4.98 Å². The molecule has 2 aromatic heterocycles. The van der Waals surface area contributed by atoms with E-state index in [0.717, 1.165) is 4.47 Å². The molecular formula is C23H18BrN5O5. The molecule has 1 N–H and O–H groups in total. The maximum Gasteiger partial charge on any atom is 0.270 e. The minimum atomic E-state index is -0.514. The molecule has 1 saturated heterocycles. The summed E-state index contributed by atoms with van der Waals surface area (Å²) >= 11 is 3.38. The highest BCUT2D eigenvalue weighted by Crippen LogP contribution is 2.30. The second-order valence-corrected chi connectivity index (χ2v) is 8.52. The number of nitro groups is 1. The van der Waals surface area contributed by atoms with Crippen LogP contribution >= 0.6 is 15.9 Å². The molecule has 4 aromatic rings. The largest absolute Gasteiger partial charge is 0.436 e. The third-order valence-electron chi connectivity index (χ3n) is 5.38. The fourth-order valence-corrected chi connectivity index (χ4v) is 4.12. The van der Waals surface area contributed by atoms with Crippen LogP contribution in [0.4, 0.5) is 17.1 Å². The highest BCUT2D eigenvalue weighted by molar-refractivity contribution is 9.10. The van der Waals surface area contributed by atoms with E-state index in [9.17, 15) is 14.9 Å². The van der Waals surface area contributed by atoms with Crippen LogP contribution < -0.4 is 10.2 Å². The molecule has 1 amide bonds. The molecule has 34 heavy (non-hydrogen) atoms. The Hall–Kier alpha value is -3.83. The topological polar surface area (TPSA) is 124 Å². The summed E-state index contributed by atoms with van der Waals surface area (Å²) in [7, 11) is 0. The van der Waals surface area contributed by atoms with Crippen molar-refractivity contribution >= 4 is 50.0 Å². The van der Waals surface area contributed by atoms with E-state index < -0.39 is 10.8 Å². The van der Waals surface area contributed by atoms with E-state index in [-0.39, 0.29) is 11.3 Å². The lowest BCUT2D eigenvalue weighted by Crippen LogP contribution is -2.37. The lowest BCUT2D eigenvalue weighted by molar-refractivity contribution is -0.384. The molecule has 0 bridgehead atoms. The molecule has 1 aliphatic heterocycles. The van der Waals surface area contributed by atoms with Crippen molar-refractivity contribution in [1.29, 1.82) is 0 Å². The van der Waals surface area contributed by atoms with Crippen LogP contribution in [-0.4, -0.2) is 47.1 Å². The number of hydrogen-bond donors (Lipinski definition) is 1. The molecule has 1 aliphatic rings. The van der Waals surface area contributed by atoms with Gasteiger partial charge in [-0.3, -0.25) is 19.9 Å². The molecule has 172 valence electrons. The van der Waals surface area contributed by atoms with Crippen molar-refractivity contribution < 1.29 is 18.9 Å². The first-order valence-corrected chi connectivity index (χ1v) is 11.2. The van der Waals surface area contributed by atoms with E-state index in [1.807, 2.05) is 11.0 Å². The number of nitro benzene ring substituents is 1. The van der Waals surface area contributed by atoms with Crippen molar-refractivity contribution in [2.75, 3.05) is 36.5 Å². The van der Waals surface area contributed by atoms with Gasteiger partial charge in [0.25, 0.3) is 11.6 Å². The van der Waals surface area contributed by atoms with Gasteiger partial charge in [-0.2, -0.15) is 0 Å². The van der Waals surface area contributed by atoms with Gasteiger partial charge in [-0.05, 0) is 46.3 Å². The molecule has 0 radical (unpaired) electrons. The average Bonchev–Trinajstić information content (AvgIpc) is 3.28. The van der Waals surface area contributed by atoms with Crippen molar-refractivity contribution in [1.82, 2.24) is 9.97 Å². The number of nitrogens with one attached hydrogen (secondary N) is 1. The third-order valence-corrected chi connectivity index (χ3v) is 5.82. The summed E-state index contributed by atoms with van der Waals surface area (Å²) in [6, 6.07) is 11.3. The van der Waals surface area contributed by atoms with Gasteiger partial charge in [0, 0.05) is 47.8 Å². The lowest BCUT2D eigenvalue weighted by Gasteiger charge is -2.30. The Balaban J connectivity index is 1.44. The molecule has 0 aliphatic carbocycles. The Bertz CT molecular complexity index is 1400. The van der Waals surface area contributed by atoms with Gasteiger partial charge in [0.2, 0.25) is 5.89 Å². The lowest BCUT2D eigenvalue weighted by atomic mass is 10.1. The number of benzene rings is 2. The van der Waals surface area contributed by atoms with E-state index in [1.54, 1.807) is 36.7 Å². The van der Waals surface area contributed by atoms with Crippen molar-refractivity contribution in [2.24, 2.45) is 0 Å². The van der Waals surface area contributed by atoms with Crippen LogP contribution in [0.15, 0.2) is 63.7 Å². The standard InChI is InChI=1S/C23H18BrN5O5/c24-15-9-14(12-25-13-15)23-27-19-10-16(1-4-21(19)34-23)26-22(30)18-11-17(29(31)32)2-3-20(18)28-5-7-33-8-6-28/h1-4,9-13H,5-8H2,(H,26,30). The Labute approximate surface area is 201 Å². The summed E-state index contributed by atoms with van der Waals surface area (Å²) in [5, 5.41) is 14.2. The summed E-state index contributed by atoms with van der Waals surface area (Å²) < 4.78 is 12.0. The van der Waals surface area contributed by atoms with Crippen LogP contribution in [-0.2, 0) is 4.74 Å². The molecule has 1 fully saturated rings. The van der Waals surface area contributed by atoms with Crippen molar-refractivity contribution in [2.45, 2.75) is 0 Å². The Kier molecular flexibility index (Phi) is 5.95.